The van der Waals surface area contributed by atoms with Gasteiger partial charge in [-0.15, -0.1) is 0 Å². The third kappa shape index (κ3) is 6.30. The van der Waals surface area contributed by atoms with Crippen LogP contribution in [0.5, 0.6) is 0 Å². The maximum Gasteiger partial charge on any atom is 0.412 e. The first-order chi connectivity index (χ1) is 13.4. The fraction of sp³-hybridized carbons (Fsp3) is 0.300. The van der Waals surface area contributed by atoms with Crippen molar-refractivity contribution in [2.45, 2.75) is 38.2 Å². The Bertz CT molecular complexity index is 1010. The van der Waals surface area contributed by atoms with Crippen molar-refractivity contribution in [2.24, 2.45) is 0 Å². The molecule has 9 heteroatoms. The molecule has 0 aliphatic heterocycles. The topological polar surface area (TPSA) is 114 Å². The maximum atomic E-state index is 12.5. The van der Waals surface area contributed by atoms with Crippen molar-refractivity contribution in [3.8, 4) is 0 Å². The van der Waals surface area contributed by atoms with Crippen molar-refractivity contribution in [1.82, 2.24) is 4.72 Å². The lowest BCUT2D eigenvalue weighted by Gasteiger charge is -2.19. The number of nitrogens with one attached hydrogen (secondary N) is 3. The molecule has 0 spiro atoms. The lowest BCUT2D eigenvalue weighted by molar-refractivity contribution is 0.0635. The van der Waals surface area contributed by atoms with Crippen LogP contribution in [-0.4, -0.2) is 33.1 Å². The van der Waals surface area contributed by atoms with Crippen LogP contribution in [0.1, 0.15) is 36.7 Å². The smallest absolute Gasteiger partial charge is 0.412 e. The van der Waals surface area contributed by atoms with Crippen LogP contribution < -0.4 is 15.4 Å². The Labute approximate surface area is 170 Å². The predicted molar refractivity (Wildman–Crippen MR) is 112 cm³/mol. The lowest BCUT2D eigenvalue weighted by Crippen LogP contribution is -2.27. The summed E-state index contributed by atoms with van der Waals surface area (Å²) in [5.41, 5.74) is 1.13. The van der Waals surface area contributed by atoms with Gasteiger partial charge in [0.1, 0.15) is 5.60 Å². The van der Waals surface area contributed by atoms with Gasteiger partial charge in [0.15, 0.2) is 0 Å². The third-order valence-electron chi connectivity index (χ3n) is 3.80. The number of anilines is 2. The highest BCUT2D eigenvalue weighted by atomic mass is 32.2. The molecular weight excluding hydrogens is 394 g/mol. The molecule has 0 atom stereocenters. The van der Waals surface area contributed by atoms with E-state index in [2.05, 4.69) is 15.4 Å². The van der Waals surface area contributed by atoms with Crippen LogP contribution in [0.2, 0.25) is 0 Å². The van der Waals surface area contributed by atoms with Gasteiger partial charge in [0.25, 0.3) is 5.91 Å². The highest BCUT2D eigenvalue weighted by Gasteiger charge is 2.17. The van der Waals surface area contributed by atoms with E-state index in [-0.39, 0.29) is 4.90 Å². The van der Waals surface area contributed by atoms with E-state index in [9.17, 15) is 18.0 Å². The molecule has 8 nitrogen and oxygen atoms in total. The molecule has 0 fully saturated rings. The average Bonchev–Trinajstić information content (AvgIpc) is 2.62. The second-order valence-electron chi connectivity index (χ2n) is 7.35. The quantitative estimate of drug-likeness (QED) is 0.686. The SMILES string of the molecule is CNS(=O)(=O)c1cc(NC(=O)c2ccc(NC(=O)OC(C)(C)C)cc2)ccc1C. The second-order valence-corrected chi connectivity index (χ2v) is 9.20. The minimum Gasteiger partial charge on any atom is -0.444 e. The summed E-state index contributed by atoms with van der Waals surface area (Å²) in [5, 5.41) is 5.25. The molecule has 0 heterocycles. The number of carbonyl (C=O) groups is 2. The summed E-state index contributed by atoms with van der Waals surface area (Å²) in [7, 11) is -2.31. The fourth-order valence-corrected chi connectivity index (χ4v) is 3.40. The van der Waals surface area contributed by atoms with E-state index in [1.54, 1.807) is 64.1 Å². The predicted octanol–water partition coefficient (Wildman–Crippen LogP) is 3.50. The molecule has 2 aromatic rings. The van der Waals surface area contributed by atoms with Gasteiger partial charge in [0.05, 0.1) is 4.90 Å². The zero-order valence-corrected chi connectivity index (χ0v) is 17.8. The van der Waals surface area contributed by atoms with E-state index < -0.39 is 27.6 Å². The average molecular weight is 420 g/mol. The number of aryl methyl sites for hydroxylation is 1. The third-order valence-corrected chi connectivity index (χ3v) is 5.35. The van der Waals surface area contributed by atoms with Crippen LogP contribution in [0.25, 0.3) is 0 Å². The molecule has 2 aromatic carbocycles. The lowest BCUT2D eigenvalue weighted by atomic mass is 10.1. The first-order valence-electron chi connectivity index (χ1n) is 8.87. The van der Waals surface area contributed by atoms with Gasteiger partial charge in [0, 0.05) is 16.9 Å². The maximum absolute atomic E-state index is 12.5. The summed E-state index contributed by atoms with van der Waals surface area (Å²) in [4.78, 5) is 24.3. The van der Waals surface area contributed by atoms with E-state index in [0.717, 1.165) is 0 Å². The van der Waals surface area contributed by atoms with Gasteiger partial charge >= 0.3 is 6.09 Å². The van der Waals surface area contributed by atoms with E-state index in [4.69, 9.17) is 4.74 Å². The minimum absolute atomic E-state index is 0.0923. The second kappa shape index (κ2) is 8.62. The van der Waals surface area contributed by atoms with Crippen molar-refractivity contribution >= 4 is 33.4 Å². The zero-order valence-electron chi connectivity index (χ0n) is 17.0. The molecule has 0 unspecified atom stereocenters. The molecule has 3 N–H and O–H groups in total. The van der Waals surface area contributed by atoms with E-state index >= 15 is 0 Å². The van der Waals surface area contributed by atoms with Crippen LogP contribution in [0.3, 0.4) is 0 Å². The largest absolute Gasteiger partial charge is 0.444 e. The van der Waals surface area contributed by atoms with Crippen molar-refractivity contribution in [3.05, 3.63) is 53.6 Å². The Morgan fingerprint density at radius 1 is 0.931 bits per heavy atom. The van der Waals surface area contributed by atoms with Crippen molar-refractivity contribution < 1.29 is 22.7 Å². The number of carbonyl (C=O) groups excluding carboxylic acids is 2. The van der Waals surface area contributed by atoms with Crippen LogP contribution >= 0.6 is 0 Å². The molecule has 0 aliphatic rings. The van der Waals surface area contributed by atoms with Crippen molar-refractivity contribution in [2.75, 3.05) is 17.7 Å². The number of ether oxygens (including phenoxy) is 1. The Morgan fingerprint density at radius 2 is 1.52 bits per heavy atom. The summed E-state index contributed by atoms with van der Waals surface area (Å²) in [6, 6.07) is 10.9. The van der Waals surface area contributed by atoms with Gasteiger partial charge in [-0.1, -0.05) is 6.07 Å². The molecule has 156 valence electrons. The van der Waals surface area contributed by atoms with Crippen LogP contribution in [0.15, 0.2) is 47.4 Å². The molecule has 0 radical (unpaired) electrons. The summed E-state index contributed by atoms with van der Waals surface area (Å²) < 4.78 is 31.6. The monoisotopic (exact) mass is 419 g/mol. The minimum atomic E-state index is -3.64. The number of hydrogen-bond donors (Lipinski definition) is 3. The van der Waals surface area contributed by atoms with Gasteiger partial charge < -0.3 is 10.1 Å². The van der Waals surface area contributed by atoms with E-state index in [1.165, 1.54) is 13.1 Å². The first kappa shape index (κ1) is 22.4. The Kier molecular flexibility index (Phi) is 6.66. The first-order valence-corrected chi connectivity index (χ1v) is 10.4. The molecule has 0 aliphatic carbocycles. The summed E-state index contributed by atoms with van der Waals surface area (Å²) in [6.45, 7) is 6.96. The van der Waals surface area contributed by atoms with Crippen LogP contribution in [-0.2, 0) is 14.8 Å². The van der Waals surface area contributed by atoms with E-state index in [1.807, 2.05) is 0 Å². The zero-order chi connectivity index (χ0) is 21.8. The highest BCUT2D eigenvalue weighted by molar-refractivity contribution is 7.89. The van der Waals surface area contributed by atoms with Gasteiger partial charge in [-0.3, -0.25) is 10.1 Å². The Balaban J connectivity index is 2.10. The number of hydrogen-bond acceptors (Lipinski definition) is 5. The fourth-order valence-electron chi connectivity index (χ4n) is 2.41. The number of sulfonamides is 1. The van der Waals surface area contributed by atoms with Gasteiger partial charge in [0.2, 0.25) is 10.0 Å². The van der Waals surface area contributed by atoms with Crippen molar-refractivity contribution in [1.29, 1.82) is 0 Å². The molecule has 2 amide bonds. The van der Waals surface area contributed by atoms with Crippen molar-refractivity contribution in [3.63, 3.8) is 0 Å². The van der Waals surface area contributed by atoms with Gasteiger partial charge in [-0.25, -0.2) is 17.9 Å². The highest BCUT2D eigenvalue weighted by Crippen LogP contribution is 2.21. The van der Waals surface area contributed by atoms with Gasteiger partial charge in [-0.05, 0) is 76.7 Å². The normalized spacial score (nSPS) is 11.6. The molecule has 0 bridgehead atoms. The van der Waals surface area contributed by atoms with Crippen LogP contribution in [0, 0.1) is 6.92 Å². The Hall–Kier alpha value is -2.91. The number of benzene rings is 2. The number of rotatable bonds is 5. The molecule has 2 rings (SSSR count). The van der Waals surface area contributed by atoms with E-state index in [0.29, 0.717) is 22.5 Å². The molecule has 0 aromatic heterocycles. The molecule has 0 saturated carbocycles. The standard InChI is InChI=1S/C20H25N3O5S/c1-13-6-9-16(12-17(13)29(26,27)21-5)22-18(24)14-7-10-15(11-8-14)23-19(25)28-20(2,3)4/h6-12,21H,1-5H3,(H,22,24)(H,23,25). The summed E-state index contributed by atoms with van der Waals surface area (Å²) >= 11 is 0. The van der Waals surface area contributed by atoms with Crippen LogP contribution in [0.4, 0.5) is 16.2 Å². The summed E-state index contributed by atoms with van der Waals surface area (Å²) in [5.74, 6) is -0.412. The molecular formula is C20H25N3O5S. The summed E-state index contributed by atoms with van der Waals surface area (Å²) in [6.07, 6.45) is -0.590. The molecule has 0 saturated heterocycles. The molecule has 29 heavy (non-hydrogen) atoms. The van der Waals surface area contributed by atoms with Gasteiger partial charge in [-0.2, -0.15) is 0 Å². The number of amides is 2. The Morgan fingerprint density at radius 3 is 2.07 bits per heavy atom.